The Morgan fingerprint density at radius 3 is 3.06 bits per heavy atom. The standard InChI is InChI=1S/C11H13N3O4/c15-6-8-7(16)5-10(18-8)14-3-1-9(12-2-4-14)13-11(14)17/h1-4,7-8,10,15-16H,5-6H2/p+1/t7-,8+,10+,14?/m0/s1. The number of carbonyl (C=O) groups excluding carboxylic acids is 1. The van der Waals surface area contributed by atoms with Crippen LogP contribution in [-0.4, -0.2) is 51.6 Å². The van der Waals surface area contributed by atoms with Crippen molar-refractivity contribution in [3.8, 4) is 0 Å². The minimum Gasteiger partial charge on any atom is -0.394 e. The lowest BCUT2D eigenvalue weighted by atomic mass is 10.1. The second-order valence-electron chi connectivity index (χ2n) is 4.51. The molecule has 7 heteroatoms. The largest absolute Gasteiger partial charge is 0.433 e. The highest BCUT2D eigenvalue weighted by Gasteiger charge is 2.52. The molecule has 0 saturated carbocycles. The van der Waals surface area contributed by atoms with Crippen molar-refractivity contribution in [2.75, 3.05) is 6.61 Å². The first-order valence-corrected chi connectivity index (χ1v) is 5.74. The van der Waals surface area contributed by atoms with Crippen molar-refractivity contribution >= 4 is 11.9 Å². The molecule has 3 N–H and O–H groups in total. The number of ether oxygens (including phenoxy) is 1. The fourth-order valence-electron chi connectivity index (χ4n) is 2.40. The number of quaternary nitrogens is 1. The second kappa shape index (κ2) is 3.99. The van der Waals surface area contributed by atoms with Crippen LogP contribution in [0.3, 0.4) is 0 Å². The zero-order valence-corrected chi connectivity index (χ0v) is 9.56. The van der Waals surface area contributed by atoms with E-state index in [1.165, 1.54) is 6.20 Å². The second-order valence-corrected chi connectivity index (χ2v) is 4.51. The molecule has 0 aromatic heterocycles. The van der Waals surface area contributed by atoms with Crippen molar-refractivity contribution in [1.82, 2.24) is 5.32 Å². The van der Waals surface area contributed by atoms with Crippen LogP contribution in [0.25, 0.3) is 0 Å². The summed E-state index contributed by atoms with van der Waals surface area (Å²) in [5, 5.41) is 21.5. The van der Waals surface area contributed by atoms with Gasteiger partial charge in [-0.3, -0.25) is 5.32 Å². The van der Waals surface area contributed by atoms with Crippen molar-refractivity contribution in [2.45, 2.75) is 24.9 Å². The third kappa shape index (κ3) is 1.52. The zero-order valence-electron chi connectivity index (χ0n) is 9.56. The molecule has 96 valence electrons. The maximum atomic E-state index is 12.1. The third-order valence-electron chi connectivity index (χ3n) is 3.45. The first kappa shape index (κ1) is 11.5. The number of aliphatic hydroxyl groups is 2. The highest BCUT2D eigenvalue weighted by atomic mass is 16.5. The van der Waals surface area contributed by atoms with E-state index in [0.29, 0.717) is 5.84 Å². The van der Waals surface area contributed by atoms with Gasteiger partial charge in [-0.1, -0.05) is 0 Å². The van der Waals surface area contributed by atoms with Gasteiger partial charge in [0.05, 0.1) is 25.3 Å². The van der Waals surface area contributed by atoms with E-state index in [-0.39, 0.29) is 23.5 Å². The molecular weight excluding hydrogens is 238 g/mol. The van der Waals surface area contributed by atoms with Gasteiger partial charge in [0.1, 0.15) is 24.3 Å². The van der Waals surface area contributed by atoms with E-state index in [4.69, 9.17) is 9.84 Å². The number of fused-ring (bicyclic) bond motifs is 2. The molecule has 0 radical (unpaired) electrons. The maximum Gasteiger partial charge on any atom is 0.433 e. The first-order valence-electron chi connectivity index (χ1n) is 5.74. The maximum absolute atomic E-state index is 12.1. The van der Waals surface area contributed by atoms with Gasteiger partial charge in [-0.25, -0.2) is 9.79 Å². The van der Waals surface area contributed by atoms with E-state index < -0.39 is 18.4 Å². The van der Waals surface area contributed by atoms with Crippen molar-refractivity contribution in [3.63, 3.8) is 0 Å². The Kier molecular flexibility index (Phi) is 2.56. The van der Waals surface area contributed by atoms with Crippen LogP contribution in [0.15, 0.2) is 29.7 Å². The number of carbonyl (C=O) groups is 1. The molecule has 0 aromatic carbocycles. The van der Waals surface area contributed by atoms with Crippen LogP contribution in [0.1, 0.15) is 6.42 Å². The summed E-state index contributed by atoms with van der Waals surface area (Å²) in [6.07, 6.45) is 4.83. The van der Waals surface area contributed by atoms with Crippen molar-refractivity contribution in [1.29, 1.82) is 0 Å². The number of hydrogen-bond donors (Lipinski definition) is 3. The Hall–Kier alpha value is -1.54. The van der Waals surface area contributed by atoms with Gasteiger partial charge in [-0.15, -0.1) is 0 Å². The third-order valence-corrected chi connectivity index (χ3v) is 3.45. The molecule has 1 saturated heterocycles. The lowest BCUT2D eigenvalue weighted by Gasteiger charge is -2.33. The fraction of sp³-hybridized carbons (Fsp3) is 0.455. The summed E-state index contributed by atoms with van der Waals surface area (Å²) in [6, 6.07) is -0.277. The molecule has 0 aliphatic carbocycles. The van der Waals surface area contributed by atoms with Gasteiger partial charge in [0.15, 0.2) is 0 Å². The van der Waals surface area contributed by atoms with Gasteiger partial charge in [-0.05, 0) is 0 Å². The van der Waals surface area contributed by atoms with Gasteiger partial charge < -0.3 is 14.9 Å². The fourth-order valence-corrected chi connectivity index (χ4v) is 2.40. The minimum atomic E-state index is -0.771. The van der Waals surface area contributed by atoms with E-state index in [2.05, 4.69) is 10.3 Å². The summed E-state index contributed by atoms with van der Waals surface area (Å²) in [5.74, 6) is 0.486. The molecule has 1 unspecified atom stereocenters. The van der Waals surface area contributed by atoms with Crippen LogP contribution in [0, 0.1) is 0 Å². The van der Waals surface area contributed by atoms with Crippen LogP contribution < -0.4 is 5.32 Å². The summed E-state index contributed by atoms with van der Waals surface area (Å²) < 4.78 is 5.37. The van der Waals surface area contributed by atoms with E-state index in [1.54, 1.807) is 18.5 Å². The van der Waals surface area contributed by atoms with Crippen molar-refractivity contribution in [2.24, 2.45) is 4.99 Å². The Morgan fingerprint density at radius 2 is 2.39 bits per heavy atom. The van der Waals surface area contributed by atoms with E-state index in [9.17, 15) is 9.90 Å². The number of aliphatic imine (C=N–C) groups is 1. The van der Waals surface area contributed by atoms with Crippen LogP contribution >= 0.6 is 0 Å². The predicted molar refractivity (Wildman–Crippen MR) is 60.9 cm³/mol. The molecule has 2 bridgehead atoms. The monoisotopic (exact) mass is 252 g/mol. The van der Waals surface area contributed by atoms with E-state index in [1.807, 2.05) is 0 Å². The minimum absolute atomic E-state index is 0.194. The summed E-state index contributed by atoms with van der Waals surface area (Å²) in [4.78, 5) is 16.2. The Bertz CT molecular complexity index is 473. The van der Waals surface area contributed by atoms with Gasteiger partial charge in [0.2, 0.25) is 6.23 Å². The normalized spacial score (nSPS) is 41.8. The summed E-state index contributed by atoms with van der Waals surface area (Å²) in [5.41, 5.74) is 0. The average molecular weight is 252 g/mol. The molecule has 4 atom stereocenters. The Balaban J connectivity index is 1.94. The van der Waals surface area contributed by atoms with Gasteiger partial charge >= 0.3 is 6.03 Å². The topological polar surface area (TPSA) is 91.2 Å². The van der Waals surface area contributed by atoms with Crippen molar-refractivity contribution in [3.05, 3.63) is 24.7 Å². The molecule has 0 spiro atoms. The highest BCUT2D eigenvalue weighted by Crippen LogP contribution is 2.32. The first-order chi connectivity index (χ1) is 8.65. The molecular formula is C11H14N3O4+. The zero-order chi connectivity index (χ0) is 12.8. The number of amidine groups is 1. The van der Waals surface area contributed by atoms with E-state index in [0.717, 1.165) is 0 Å². The molecule has 0 aromatic rings. The van der Waals surface area contributed by atoms with Gasteiger partial charge in [0, 0.05) is 6.08 Å². The smallest absolute Gasteiger partial charge is 0.394 e. The predicted octanol–water partition coefficient (Wildman–Crippen LogP) is -0.608. The van der Waals surface area contributed by atoms with E-state index >= 15 is 0 Å². The molecule has 4 heterocycles. The van der Waals surface area contributed by atoms with Crippen LogP contribution in [0.2, 0.25) is 0 Å². The number of aliphatic hydroxyl groups excluding tert-OH is 2. The SMILES string of the molecule is O=C1NC2=NC=C[N+]1([C@H]1C[C@H](O)[C@@H](CO)O1)C=C2. The molecule has 2 amide bonds. The van der Waals surface area contributed by atoms with Gasteiger partial charge in [-0.2, -0.15) is 4.48 Å². The lowest BCUT2D eigenvalue weighted by Crippen LogP contribution is -2.58. The highest BCUT2D eigenvalue weighted by molar-refractivity contribution is 6.04. The molecule has 4 rings (SSSR count). The number of nitrogens with one attached hydrogen (secondary N) is 1. The number of nitrogens with zero attached hydrogens (tertiary/aromatic N) is 2. The Morgan fingerprint density at radius 1 is 1.56 bits per heavy atom. The van der Waals surface area contributed by atoms with Crippen LogP contribution in [0.5, 0.6) is 0 Å². The lowest BCUT2D eigenvalue weighted by molar-refractivity contribution is -0.801. The van der Waals surface area contributed by atoms with Gasteiger partial charge in [0.25, 0.3) is 0 Å². The molecule has 7 nitrogen and oxygen atoms in total. The summed E-state index contributed by atoms with van der Waals surface area (Å²) in [6.45, 7) is -0.269. The Labute approximate surface area is 103 Å². The van der Waals surface area contributed by atoms with Crippen LogP contribution in [-0.2, 0) is 4.74 Å². The summed E-state index contributed by atoms with van der Waals surface area (Å²) >= 11 is 0. The summed E-state index contributed by atoms with van der Waals surface area (Å²) in [7, 11) is 0. The van der Waals surface area contributed by atoms with Crippen LogP contribution in [0.4, 0.5) is 4.79 Å². The molecule has 1 fully saturated rings. The molecule has 18 heavy (non-hydrogen) atoms. The molecule has 4 aliphatic rings. The number of urea groups is 1. The average Bonchev–Trinajstić information content (AvgIpc) is 2.54. The van der Waals surface area contributed by atoms with Crippen molar-refractivity contribution < 1.29 is 24.2 Å². The number of rotatable bonds is 2. The number of hydrogen-bond acceptors (Lipinski definition) is 5. The number of amides is 2. The quantitative estimate of drug-likeness (QED) is 0.572. The molecule has 4 aliphatic heterocycles.